The Morgan fingerprint density at radius 1 is 1.67 bits per heavy atom. The Balaban J connectivity index is 2.30. The molecular formula is C8H10ClNO4S. The van der Waals surface area contributed by atoms with Crippen molar-refractivity contribution in [2.45, 2.75) is 6.10 Å². The molecule has 84 valence electrons. The van der Waals surface area contributed by atoms with E-state index in [-0.39, 0.29) is 6.54 Å². The largest absolute Gasteiger partial charge is 0.413 e. The van der Waals surface area contributed by atoms with Crippen LogP contribution in [0.2, 0.25) is 4.34 Å². The lowest BCUT2D eigenvalue weighted by Gasteiger charge is -2.08. The summed E-state index contributed by atoms with van der Waals surface area (Å²) in [4.78, 5) is 11.1. The van der Waals surface area contributed by atoms with Crippen molar-refractivity contribution in [2.75, 3.05) is 13.2 Å². The molecule has 0 bridgehead atoms. The van der Waals surface area contributed by atoms with Gasteiger partial charge in [0.15, 0.2) is 5.06 Å². The average Bonchev–Trinajstić information content (AvgIpc) is 2.60. The fourth-order valence-corrected chi connectivity index (χ4v) is 1.62. The third-order valence-electron chi connectivity index (χ3n) is 1.43. The van der Waals surface area contributed by atoms with E-state index in [1.165, 1.54) is 0 Å². The molecule has 0 fully saturated rings. The van der Waals surface area contributed by atoms with Gasteiger partial charge in [0.2, 0.25) is 0 Å². The number of amides is 1. The van der Waals surface area contributed by atoms with Crippen molar-refractivity contribution < 1.29 is 19.7 Å². The van der Waals surface area contributed by atoms with Crippen LogP contribution in [0.15, 0.2) is 12.1 Å². The second-order valence-electron chi connectivity index (χ2n) is 2.67. The van der Waals surface area contributed by atoms with Gasteiger partial charge in [-0.25, -0.2) is 4.79 Å². The zero-order valence-corrected chi connectivity index (χ0v) is 9.22. The number of rotatable bonds is 4. The monoisotopic (exact) mass is 251 g/mol. The summed E-state index contributed by atoms with van der Waals surface area (Å²) in [5, 5.41) is 20.1. The Kier molecular flexibility index (Phi) is 4.83. The third kappa shape index (κ3) is 4.48. The quantitative estimate of drug-likeness (QED) is 0.741. The summed E-state index contributed by atoms with van der Waals surface area (Å²) in [5.74, 6) is 0. The number of halogens is 1. The molecule has 0 unspecified atom stereocenters. The molecule has 5 nitrogen and oxygen atoms in total. The van der Waals surface area contributed by atoms with Gasteiger partial charge in [0.25, 0.3) is 0 Å². The van der Waals surface area contributed by atoms with Gasteiger partial charge in [-0.15, -0.1) is 0 Å². The number of ether oxygens (including phenoxy) is 1. The maximum Gasteiger partial charge on any atom is 0.413 e. The van der Waals surface area contributed by atoms with Crippen molar-refractivity contribution in [3.8, 4) is 5.06 Å². The van der Waals surface area contributed by atoms with Crippen molar-refractivity contribution in [1.82, 2.24) is 5.32 Å². The zero-order valence-electron chi connectivity index (χ0n) is 7.64. The highest BCUT2D eigenvalue weighted by atomic mass is 35.5. The van der Waals surface area contributed by atoms with Crippen LogP contribution < -0.4 is 10.1 Å². The molecule has 15 heavy (non-hydrogen) atoms. The minimum Gasteiger partial charge on any atom is -0.399 e. The normalized spacial score (nSPS) is 12.2. The van der Waals surface area contributed by atoms with Gasteiger partial charge >= 0.3 is 6.09 Å². The van der Waals surface area contributed by atoms with Gasteiger partial charge in [0.05, 0.1) is 17.0 Å². The molecular weight excluding hydrogens is 242 g/mol. The first-order chi connectivity index (χ1) is 7.11. The van der Waals surface area contributed by atoms with Gasteiger partial charge in [-0.05, 0) is 12.1 Å². The SMILES string of the molecule is O=C(NC[C@H](O)CO)Oc1ccc(Cl)s1. The van der Waals surface area contributed by atoms with Gasteiger partial charge < -0.3 is 20.3 Å². The molecule has 0 radical (unpaired) electrons. The zero-order chi connectivity index (χ0) is 11.3. The molecule has 3 N–H and O–H groups in total. The summed E-state index contributed by atoms with van der Waals surface area (Å²) in [5.41, 5.74) is 0. The summed E-state index contributed by atoms with van der Waals surface area (Å²) >= 11 is 6.75. The highest BCUT2D eigenvalue weighted by Crippen LogP contribution is 2.28. The fourth-order valence-electron chi connectivity index (χ4n) is 0.746. The molecule has 0 aliphatic heterocycles. The Bertz CT molecular complexity index is 330. The summed E-state index contributed by atoms with van der Waals surface area (Å²) in [6.07, 6.45) is -1.68. The van der Waals surface area contributed by atoms with E-state index in [0.29, 0.717) is 9.40 Å². The molecule has 1 aromatic heterocycles. The van der Waals surface area contributed by atoms with Crippen LogP contribution in [0, 0.1) is 0 Å². The Morgan fingerprint density at radius 2 is 2.40 bits per heavy atom. The predicted molar refractivity (Wildman–Crippen MR) is 56.4 cm³/mol. The number of nitrogens with one attached hydrogen (secondary N) is 1. The molecule has 1 rings (SSSR count). The molecule has 1 amide bonds. The van der Waals surface area contributed by atoms with Crippen LogP contribution in [0.25, 0.3) is 0 Å². The van der Waals surface area contributed by atoms with E-state index >= 15 is 0 Å². The minimum absolute atomic E-state index is 0.0611. The van der Waals surface area contributed by atoms with Crippen molar-refractivity contribution in [3.63, 3.8) is 0 Å². The molecule has 7 heteroatoms. The van der Waals surface area contributed by atoms with E-state index in [1.54, 1.807) is 12.1 Å². The van der Waals surface area contributed by atoms with Gasteiger partial charge in [0.1, 0.15) is 0 Å². The van der Waals surface area contributed by atoms with E-state index in [9.17, 15) is 4.79 Å². The number of carbonyl (C=O) groups is 1. The van der Waals surface area contributed by atoms with Crippen LogP contribution in [0.5, 0.6) is 5.06 Å². The van der Waals surface area contributed by atoms with E-state index in [0.717, 1.165) is 11.3 Å². The van der Waals surface area contributed by atoms with Crippen molar-refractivity contribution in [2.24, 2.45) is 0 Å². The summed E-state index contributed by atoms with van der Waals surface area (Å²) in [6, 6.07) is 3.17. The molecule has 1 aromatic rings. The topological polar surface area (TPSA) is 78.8 Å². The van der Waals surface area contributed by atoms with Crippen molar-refractivity contribution in [1.29, 1.82) is 0 Å². The molecule has 0 saturated carbocycles. The Hall–Kier alpha value is -0.820. The van der Waals surface area contributed by atoms with E-state index in [2.05, 4.69) is 5.32 Å². The Morgan fingerprint density at radius 3 is 2.93 bits per heavy atom. The first-order valence-electron chi connectivity index (χ1n) is 4.11. The number of hydrogen-bond donors (Lipinski definition) is 3. The van der Waals surface area contributed by atoms with Crippen LogP contribution in [0.3, 0.4) is 0 Å². The summed E-state index contributed by atoms with van der Waals surface area (Å²) in [7, 11) is 0. The maximum absolute atomic E-state index is 11.1. The van der Waals surface area contributed by atoms with E-state index in [4.69, 9.17) is 26.6 Å². The lowest BCUT2D eigenvalue weighted by Crippen LogP contribution is -2.35. The first-order valence-corrected chi connectivity index (χ1v) is 5.31. The van der Waals surface area contributed by atoms with Gasteiger partial charge in [-0.1, -0.05) is 22.9 Å². The maximum atomic E-state index is 11.1. The van der Waals surface area contributed by atoms with Gasteiger partial charge in [0, 0.05) is 6.54 Å². The second kappa shape index (κ2) is 5.92. The average molecular weight is 252 g/mol. The van der Waals surface area contributed by atoms with E-state index in [1.807, 2.05) is 0 Å². The van der Waals surface area contributed by atoms with Crippen LogP contribution in [-0.4, -0.2) is 35.6 Å². The molecule has 0 aromatic carbocycles. The standard InChI is InChI=1S/C8H10ClNO4S/c9-6-1-2-7(15-6)14-8(13)10-3-5(12)4-11/h1-2,5,11-12H,3-4H2,(H,10,13)/t5-/m0/s1. The highest BCUT2D eigenvalue weighted by Gasteiger charge is 2.08. The van der Waals surface area contributed by atoms with Crippen molar-refractivity contribution in [3.05, 3.63) is 16.5 Å². The number of aliphatic hydroxyl groups is 2. The summed E-state index contributed by atoms with van der Waals surface area (Å²) < 4.78 is 5.34. The Labute approximate surface area is 95.2 Å². The first kappa shape index (κ1) is 12.3. The molecule has 0 saturated heterocycles. The second-order valence-corrected chi connectivity index (χ2v) is 4.34. The number of thiophene rings is 1. The predicted octanol–water partition coefficient (Wildman–Crippen LogP) is 0.843. The number of aliphatic hydroxyl groups excluding tert-OH is 2. The van der Waals surface area contributed by atoms with Crippen LogP contribution in [-0.2, 0) is 0 Å². The molecule has 0 spiro atoms. The van der Waals surface area contributed by atoms with E-state index < -0.39 is 18.8 Å². The highest BCUT2D eigenvalue weighted by molar-refractivity contribution is 7.17. The molecule has 0 aliphatic carbocycles. The third-order valence-corrected chi connectivity index (χ3v) is 2.54. The fraction of sp³-hybridized carbons (Fsp3) is 0.375. The molecule has 0 aliphatic rings. The lowest BCUT2D eigenvalue weighted by atomic mass is 10.4. The van der Waals surface area contributed by atoms with Gasteiger partial charge in [-0.3, -0.25) is 0 Å². The number of hydrogen-bond acceptors (Lipinski definition) is 5. The van der Waals surface area contributed by atoms with Crippen molar-refractivity contribution >= 4 is 29.0 Å². The van der Waals surface area contributed by atoms with Crippen LogP contribution >= 0.6 is 22.9 Å². The number of carbonyl (C=O) groups excluding carboxylic acids is 1. The lowest BCUT2D eigenvalue weighted by molar-refractivity contribution is 0.0937. The molecule has 1 heterocycles. The minimum atomic E-state index is -0.982. The van der Waals surface area contributed by atoms with Crippen LogP contribution in [0.1, 0.15) is 0 Å². The van der Waals surface area contributed by atoms with Gasteiger partial charge in [-0.2, -0.15) is 0 Å². The molecule has 1 atom stereocenters. The summed E-state index contributed by atoms with van der Waals surface area (Å²) in [6.45, 7) is -0.473. The smallest absolute Gasteiger partial charge is 0.399 e. The van der Waals surface area contributed by atoms with Crippen LogP contribution in [0.4, 0.5) is 4.79 Å².